The highest BCUT2D eigenvalue weighted by Gasteiger charge is 2.42. The summed E-state index contributed by atoms with van der Waals surface area (Å²) in [5, 5.41) is 17.7. The van der Waals surface area contributed by atoms with E-state index in [1.807, 2.05) is 0 Å². The Morgan fingerprint density at radius 1 is 1.13 bits per heavy atom. The molecule has 196 valence electrons. The Morgan fingerprint density at radius 3 is 2.50 bits per heavy atom. The van der Waals surface area contributed by atoms with Gasteiger partial charge in [0.15, 0.2) is 5.69 Å². The molecule has 0 bridgehead atoms. The number of aromatic nitrogens is 3. The summed E-state index contributed by atoms with van der Waals surface area (Å²) in [5.74, 6) is -0.708. The van der Waals surface area contributed by atoms with Crippen molar-refractivity contribution in [3.05, 3.63) is 91.5 Å². The quantitative estimate of drug-likeness (QED) is 0.202. The number of carbonyl (C=O) groups excluding carboxylic acids is 1. The second-order valence-corrected chi connectivity index (χ2v) is 10.0. The zero-order chi connectivity index (χ0) is 27.0. The lowest BCUT2D eigenvalue weighted by molar-refractivity contribution is -0.384. The van der Waals surface area contributed by atoms with Gasteiger partial charge in [0.1, 0.15) is 5.02 Å². The maximum Gasteiger partial charge on any atom is 0.434 e. The fourth-order valence-corrected chi connectivity index (χ4v) is 5.65. The number of nitro groups is 1. The molecule has 0 unspecified atom stereocenters. The predicted molar refractivity (Wildman–Crippen MR) is 136 cm³/mol. The summed E-state index contributed by atoms with van der Waals surface area (Å²) in [4.78, 5) is 29.8. The lowest BCUT2D eigenvalue weighted by Crippen LogP contribution is -2.38. The van der Waals surface area contributed by atoms with E-state index in [2.05, 4.69) is 10.1 Å². The number of likely N-dealkylation sites (tertiary alicyclic amines) is 1. The number of hydrogen-bond donors (Lipinski definition) is 0. The molecule has 0 atom stereocenters. The summed E-state index contributed by atoms with van der Waals surface area (Å²) in [6.07, 6.45) is -2.76. The zero-order valence-corrected chi connectivity index (χ0v) is 21.1. The molecule has 0 N–H and O–H groups in total. The first-order chi connectivity index (χ1) is 18.1. The van der Waals surface area contributed by atoms with Crippen LogP contribution in [0.2, 0.25) is 5.02 Å². The Morgan fingerprint density at radius 2 is 1.84 bits per heavy atom. The highest BCUT2D eigenvalue weighted by atomic mass is 35.5. The van der Waals surface area contributed by atoms with E-state index in [1.54, 1.807) is 29.6 Å². The smallest absolute Gasteiger partial charge is 0.338 e. The van der Waals surface area contributed by atoms with Crippen molar-refractivity contribution in [2.24, 2.45) is 0 Å². The van der Waals surface area contributed by atoms with E-state index in [0.717, 1.165) is 15.9 Å². The van der Waals surface area contributed by atoms with Gasteiger partial charge in [-0.15, -0.1) is 11.3 Å². The molecular weight excluding hydrogens is 543 g/mol. The van der Waals surface area contributed by atoms with Crippen molar-refractivity contribution in [2.75, 3.05) is 13.1 Å². The largest absolute Gasteiger partial charge is 0.434 e. The van der Waals surface area contributed by atoms with E-state index >= 15 is 0 Å². The van der Waals surface area contributed by atoms with E-state index < -0.39 is 28.3 Å². The number of benzene rings is 2. The molecular formula is C25H19ClF3N5O3S. The van der Waals surface area contributed by atoms with Crippen molar-refractivity contribution >= 4 is 34.5 Å². The summed E-state index contributed by atoms with van der Waals surface area (Å²) < 4.78 is 42.7. The molecule has 5 rings (SSSR count). The fraction of sp³-hybridized carbons (Fsp3) is 0.240. The van der Waals surface area contributed by atoms with Crippen LogP contribution in [0.3, 0.4) is 0 Å². The number of para-hydroxylation sites is 1. The van der Waals surface area contributed by atoms with Gasteiger partial charge in [0.25, 0.3) is 11.6 Å². The van der Waals surface area contributed by atoms with Crippen LogP contribution < -0.4 is 0 Å². The van der Waals surface area contributed by atoms with Crippen LogP contribution in [0.5, 0.6) is 0 Å². The summed E-state index contributed by atoms with van der Waals surface area (Å²) in [6.45, 7) is 0.525. The summed E-state index contributed by atoms with van der Waals surface area (Å²) in [7, 11) is 0. The van der Waals surface area contributed by atoms with Gasteiger partial charge < -0.3 is 4.90 Å². The van der Waals surface area contributed by atoms with Gasteiger partial charge in [-0.05, 0) is 31.0 Å². The first kappa shape index (κ1) is 25.9. The number of thiazole rings is 1. The van der Waals surface area contributed by atoms with Crippen molar-refractivity contribution in [3.8, 4) is 16.9 Å². The highest BCUT2D eigenvalue weighted by molar-refractivity contribution is 7.10. The number of alkyl halides is 3. The molecule has 2 aromatic heterocycles. The lowest BCUT2D eigenvalue weighted by atomic mass is 9.97. The molecule has 13 heteroatoms. The van der Waals surface area contributed by atoms with Crippen LogP contribution in [0.1, 0.15) is 39.8 Å². The van der Waals surface area contributed by atoms with E-state index in [-0.39, 0.29) is 35.4 Å². The molecule has 38 heavy (non-hydrogen) atoms. The van der Waals surface area contributed by atoms with Crippen LogP contribution >= 0.6 is 22.9 Å². The van der Waals surface area contributed by atoms with Crippen LogP contribution in [0, 0.1) is 10.1 Å². The summed E-state index contributed by atoms with van der Waals surface area (Å²) >= 11 is 7.30. The molecule has 1 aliphatic rings. The Labute approximate surface area is 223 Å². The first-order valence-corrected chi connectivity index (χ1v) is 12.8. The van der Waals surface area contributed by atoms with Gasteiger partial charge in [0.05, 0.1) is 33.1 Å². The SMILES string of the molecule is O=C(c1cnn(-c2ccccc2)c1C(F)(F)F)N1CCC(c2nc(-c3ccc(Cl)c([N+](=O)[O-])c3)cs2)CC1. The van der Waals surface area contributed by atoms with E-state index in [1.165, 1.54) is 40.5 Å². The third-order valence-electron chi connectivity index (χ3n) is 6.36. The number of rotatable bonds is 5. The van der Waals surface area contributed by atoms with Crippen LogP contribution in [0.25, 0.3) is 16.9 Å². The Hall–Kier alpha value is -3.77. The third-order valence-corrected chi connectivity index (χ3v) is 7.69. The number of halogens is 4. The van der Waals surface area contributed by atoms with Crippen molar-refractivity contribution < 1.29 is 22.9 Å². The van der Waals surface area contributed by atoms with Crippen molar-refractivity contribution in [1.29, 1.82) is 0 Å². The molecule has 0 aliphatic carbocycles. The number of carbonyl (C=O) groups is 1. The number of hydrogen-bond acceptors (Lipinski definition) is 6. The van der Waals surface area contributed by atoms with Gasteiger partial charge in [-0.25, -0.2) is 9.67 Å². The van der Waals surface area contributed by atoms with Crippen LogP contribution in [0.4, 0.5) is 18.9 Å². The van der Waals surface area contributed by atoms with E-state index in [4.69, 9.17) is 11.6 Å². The second-order valence-electron chi connectivity index (χ2n) is 8.71. The van der Waals surface area contributed by atoms with Crippen molar-refractivity contribution in [2.45, 2.75) is 24.9 Å². The van der Waals surface area contributed by atoms with E-state index in [0.29, 0.717) is 24.1 Å². The molecule has 0 spiro atoms. The van der Waals surface area contributed by atoms with Crippen molar-refractivity contribution in [1.82, 2.24) is 19.7 Å². The minimum Gasteiger partial charge on any atom is -0.338 e. The third kappa shape index (κ3) is 5.01. The van der Waals surface area contributed by atoms with Crippen LogP contribution in [-0.4, -0.2) is 43.6 Å². The average molecular weight is 562 g/mol. The van der Waals surface area contributed by atoms with Gasteiger partial charge in [0, 0.05) is 36.0 Å². The standard InChI is InChI=1S/C25H19ClF3N5O3S/c26-19-7-6-16(12-21(19)34(36)37)20-14-38-23(31-20)15-8-10-32(11-9-15)24(35)18-13-30-33(22(18)25(27,28)29)17-4-2-1-3-5-17/h1-7,12-15H,8-11H2. The topological polar surface area (TPSA) is 94.2 Å². The molecule has 4 aromatic rings. The predicted octanol–water partition coefficient (Wildman–Crippen LogP) is 6.60. The summed E-state index contributed by atoms with van der Waals surface area (Å²) in [5.41, 5.74) is -0.446. The van der Waals surface area contributed by atoms with Gasteiger partial charge in [-0.3, -0.25) is 14.9 Å². The minimum absolute atomic E-state index is 0.00853. The summed E-state index contributed by atoms with van der Waals surface area (Å²) in [6, 6.07) is 12.3. The van der Waals surface area contributed by atoms with Gasteiger partial charge in [-0.2, -0.15) is 18.3 Å². The Balaban J connectivity index is 1.31. The number of amides is 1. The highest BCUT2D eigenvalue weighted by Crippen LogP contribution is 2.37. The number of nitrogens with zero attached hydrogens (tertiary/aromatic N) is 5. The van der Waals surface area contributed by atoms with E-state index in [9.17, 15) is 28.1 Å². The molecule has 8 nitrogen and oxygen atoms in total. The average Bonchev–Trinajstić information content (AvgIpc) is 3.57. The lowest BCUT2D eigenvalue weighted by Gasteiger charge is -2.31. The molecule has 1 amide bonds. The maximum absolute atomic E-state index is 14.0. The molecule has 3 heterocycles. The molecule has 2 aromatic carbocycles. The van der Waals surface area contributed by atoms with Crippen molar-refractivity contribution in [3.63, 3.8) is 0 Å². The normalized spacial score (nSPS) is 14.6. The van der Waals surface area contributed by atoms with Gasteiger partial charge in [-0.1, -0.05) is 35.9 Å². The molecule has 1 aliphatic heterocycles. The van der Waals surface area contributed by atoms with Gasteiger partial charge in [0.2, 0.25) is 0 Å². The molecule has 0 radical (unpaired) electrons. The maximum atomic E-state index is 14.0. The Bertz CT molecular complexity index is 1500. The first-order valence-electron chi connectivity index (χ1n) is 11.5. The van der Waals surface area contributed by atoms with Crippen LogP contribution in [0.15, 0.2) is 60.1 Å². The molecule has 0 saturated carbocycles. The number of nitro benzene ring substituents is 1. The Kier molecular flexibility index (Phi) is 6.93. The monoisotopic (exact) mass is 561 g/mol. The fourth-order valence-electron chi connectivity index (χ4n) is 4.46. The molecule has 1 fully saturated rings. The van der Waals surface area contributed by atoms with Gasteiger partial charge >= 0.3 is 6.18 Å². The second kappa shape index (κ2) is 10.2. The minimum atomic E-state index is -4.77. The zero-order valence-electron chi connectivity index (χ0n) is 19.6. The van der Waals surface area contributed by atoms with Crippen LogP contribution in [-0.2, 0) is 6.18 Å². The molecule has 1 saturated heterocycles. The number of piperidine rings is 1.